The molecule has 1 N–H and O–H groups in total. The minimum absolute atomic E-state index is 0. The molecule has 0 bridgehead atoms. The molecule has 0 aromatic heterocycles. The quantitative estimate of drug-likeness (QED) is 0.364. The van der Waals surface area contributed by atoms with Crippen LogP contribution < -0.4 is 48.4 Å². The summed E-state index contributed by atoms with van der Waals surface area (Å²) in [5.74, 6) is -0.0719. The third-order valence-corrected chi connectivity index (χ3v) is 1.97. The van der Waals surface area contributed by atoms with Gasteiger partial charge in [0.05, 0.1) is 4.90 Å². The van der Waals surface area contributed by atoms with Crippen LogP contribution in [0.1, 0.15) is 0 Å². The third-order valence-electron chi connectivity index (χ3n) is 1.13. The Balaban J connectivity index is 0. The molecule has 4 nitrogen and oxygen atoms in total. The topological polar surface area (TPSA) is 77.4 Å². The van der Waals surface area contributed by atoms with Crippen molar-refractivity contribution in [1.82, 2.24) is 0 Å². The van der Waals surface area contributed by atoms with Crippen molar-refractivity contribution < 1.29 is 66.5 Å². The van der Waals surface area contributed by atoms with E-state index in [1.165, 1.54) is 0 Å². The Kier molecular flexibility index (Phi) is 7.49. The van der Waals surface area contributed by atoms with Gasteiger partial charge in [-0.15, -0.1) is 0 Å². The number of phenols is 1. The second-order valence-electron chi connectivity index (χ2n) is 1.95. The van der Waals surface area contributed by atoms with Crippen LogP contribution in [0.25, 0.3) is 0 Å². The van der Waals surface area contributed by atoms with Crippen molar-refractivity contribution in [2.75, 3.05) is 0 Å². The molecule has 0 fully saturated rings. The largest absolute Gasteiger partial charge is 1.00 e. The number of hydrogen-bond donors (Lipinski definition) is 1. The van der Waals surface area contributed by atoms with Crippen molar-refractivity contribution in [3.8, 4) is 5.75 Å². The van der Waals surface area contributed by atoms with Crippen LogP contribution in [0.2, 0.25) is 0 Å². The summed E-state index contributed by atoms with van der Waals surface area (Å²) in [4.78, 5) is -0.338. The Morgan fingerprint density at radius 3 is 1.85 bits per heavy atom. The van der Waals surface area contributed by atoms with Gasteiger partial charge in [-0.25, -0.2) is 8.42 Å². The zero-order chi connectivity index (χ0) is 8.48. The number of hydrogen-bond acceptors (Lipinski definition) is 4. The average Bonchev–Trinajstić information content (AvgIpc) is 1.86. The number of aromatic hydroxyl groups is 1. The Hall–Kier alpha value is 0.527. The molecular formula is C6H5LiNaO4S+. The van der Waals surface area contributed by atoms with E-state index in [1.54, 1.807) is 0 Å². The molecular weight excluding hydrogens is 198 g/mol. The van der Waals surface area contributed by atoms with E-state index in [4.69, 9.17) is 5.11 Å². The third kappa shape index (κ3) is 5.08. The summed E-state index contributed by atoms with van der Waals surface area (Å²) in [6, 6.07) is 4.39. The fourth-order valence-electron chi connectivity index (χ4n) is 0.613. The molecule has 0 aliphatic heterocycles. The van der Waals surface area contributed by atoms with Gasteiger partial charge in [0.15, 0.2) is 0 Å². The molecule has 0 unspecified atom stereocenters. The van der Waals surface area contributed by atoms with Crippen molar-refractivity contribution in [2.24, 2.45) is 0 Å². The molecule has 7 heteroatoms. The zero-order valence-electron chi connectivity index (χ0n) is 7.39. The maximum atomic E-state index is 10.3. The summed E-state index contributed by atoms with van der Waals surface area (Å²) in [5.41, 5.74) is 0. The van der Waals surface area contributed by atoms with Crippen molar-refractivity contribution in [3.05, 3.63) is 24.3 Å². The number of rotatable bonds is 1. The van der Waals surface area contributed by atoms with E-state index in [1.807, 2.05) is 0 Å². The van der Waals surface area contributed by atoms with E-state index in [0.717, 1.165) is 24.3 Å². The summed E-state index contributed by atoms with van der Waals surface area (Å²) >= 11 is 0. The summed E-state index contributed by atoms with van der Waals surface area (Å²) in [6.45, 7) is 0. The fourth-order valence-corrected chi connectivity index (χ4v) is 1.08. The predicted molar refractivity (Wildman–Crippen MR) is 36.1 cm³/mol. The van der Waals surface area contributed by atoms with Gasteiger partial charge in [0.25, 0.3) is 0 Å². The standard InChI is InChI=1S/C6H6O4S.Li.Na/c7-5-1-3-6(4-2-5)11(8,9)10;;/h1-4,7H,(H,8,9,10);;/q;2*+1/p-1. The first kappa shape index (κ1) is 16.0. The maximum Gasteiger partial charge on any atom is 1.00 e. The fraction of sp³-hybridized carbons (Fsp3) is 0. The monoisotopic (exact) mass is 203 g/mol. The molecule has 60 valence electrons. The van der Waals surface area contributed by atoms with Crippen LogP contribution in [-0.2, 0) is 10.1 Å². The predicted octanol–water partition coefficient (Wildman–Crippen LogP) is -5.70. The first-order chi connectivity index (χ1) is 5.00. The van der Waals surface area contributed by atoms with Crippen LogP contribution in [0.15, 0.2) is 29.2 Å². The van der Waals surface area contributed by atoms with Gasteiger partial charge in [-0.3, -0.25) is 0 Å². The molecule has 0 atom stereocenters. The zero-order valence-corrected chi connectivity index (χ0v) is 10.2. The van der Waals surface area contributed by atoms with Crippen molar-refractivity contribution in [1.29, 1.82) is 0 Å². The Labute approximate surface area is 111 Å². The minimum atomic E-state index is -4.38. The van der Waals surface area contributed by atoms with Crippen molar-refractivity contribution in [3.63, 3.8) is 0 Å². The van der Waals surface area contributed by atoms with Crippen LogP contribution in [0, 0.1) is 0 Å². The van der Waals surface area contributed by atoms with E-state index in [9.17, 15) is 13.0 Å². The van der Waals surface area contributed by atoms with Crippen molar-refractivity contribution >= 4 is 10.1 Å². The van der Waals surface area contributed by atoms with Crippen LogP contribution in [0.4, 0.5) is 0 Å². The first-order valence-electron chi connectivity index (χ1n) is 2.75. The van der Waals surface area contributed by atoms with Crippen LogP contribution in [0.5, 0.6) is 5.75 Å². The number of benzene rings is 1. The van der Waals surface area contributed by atoms with Crippen molar-refractivity contribution in [2.45, 2.75) is 4.90 Å². The average molecular weight is 203 g/mol. The summed E-state index contributed by atoms with van der Waals surface area (Å²) in [6.07, 6.45) is 0. The molecule has 0 spiro atoms. The van der Waals surface area contributed by atoms with E-state index >= 15 is 0 Å². The van der Waals surface area contributed by atoms with Gasteiger partial charge < -0.3 is 9.66 Å². The molecule has 1 aromatic carbocycles. The first-order valence-corrected chi connectivity index (χ1v) is 4.16. The minimum Gasteiger partial charge on any atom is -0.744 e. The van der Waals surface area contributed by atoms with E-state index in [0.29, 0.717) is 0 Å². The molecule has 0 saturated carbocycles. The molecule has 0 aliphatic rings. The second kappa shape index (κ2) is 6.09. The summed E-state index contributed by atoms with van der Waals surface area (Å²) < 4.78 is 30.9. The van der Waals surface area contributed by atoms with Crippen LogP contribution >= 0.6 is 0 Å². The maximum absolute atomic E-state index is 10.3. The summed E-state index contributed by atoms with van der Waals surface area (Å²) in [7, 11) is -4.38. The van der Waals surface area contributed by atoms with Gasteiger partial charge in [0.1, 0.15) is 15.9 Å². The molecule has 13 heavy (non-hydrogen) atoms. The van der Waals surface area contributed by atoms with Gasteiger partial charge in [0, 0.05) is 0 Å². The van der Waals surface area contributed by atoms with Gasteiger partial charge >= 0.3 is 48.4 Å². The van der Waals surface area contributed by atoms with E-state index in [-0.39, 0.29) is 59.1 Å². The molecule has 0 saturated heterocycles. The van der Waals surface area contributed by atoms with Gasteiger partial charge in [-0.05, 0) is 24.3 Å². The molecule has 0 radical (unpaired) electrons. The van der Waals surface area contributed by atoms with Gasteiger partial charge in [-0.1, -0.05) is 0 Å². The Morgan fingerprint density at radius 2 is 1.54 bits per heavy atom. The number of phenolic OH excluding ortho intramolecular Hbond substituents is 1. The molecule has 1 aromatic rings. The Morgan fingerprint density at radius 1 is 1.15 bits per heavy atom. The molecule has 1 rings (SSSR count). The second-order valence-corrected chi connectivity index (χ2v) is 3.33. The van der Waals surface area contributed by atoms with Crippen LogP contribution in [-0.4, -0.2) is 18.1 Å². The van der Waals surface area contributed by atoms with Gasteiger partial charge in [-0.2, -0.15) is 0 Å². The van der Waals surface area contributed by atoms with Gasteiger partial charge in [0.2, 0.25) is 0 Å². The van der Waals surface area contributed by atoms with Crippen LogP contribution in [0.3, 0.4) is 0 Å². The molecule has 0 heterocycles. The normalized spacial score (nSPS) is 9.62. The molecule has 0 amide bonds. The SMILES string of the molecule is O=S(=O)([O-])c1ccc(O)cc1.[Li+].[Na+]. The summed E-state index contributed by atoms with van der Waals surface area (Å²) in [5, 5.41) is 8.73. The Bertz CT molecular complexity index is 347. The smallest absolute Gasteiger partial charge is 0.744 e. The van der Waals surface area contributed by atoms with E-state index in [2.05, 4.69) is 0 Å². The molecule has 0 aliphatic carbocycles. The van der Waals surface area contributed by atoms with E-state index < -0.39 is 10.1 Å².